The van der Waals surface area contributed by atoms with E-state index in [0.29, 0.717) is 5.56 Å². The topological polar surface area (TPSA) is 42.9 Å². The van der Waals surface area contributed by atoms with Crippen LogP contribution in [0.1, 0.15) is 17.3 Å². The Balaban J connectivity index is 2.20. The van der Waals surface area contributed by atoms with Gasteiger partial charge in [-0.1, -0.05) is 0 Å². The molecule has 0 fully saturated rings. The Kier molecular flexibility index (Phi) is 3.91. The molecule has 0 N–H and O–H groups in total. The minimum Gasteiger partial charge on any atom is -0.294 e. The summed E-state index contributed by atoms with van der Waals surface area (Å²) in [5.74, 6) is 0.0214. The summed E-state index contributed by atoms with van der Waals surface area (Å²) in [5.41, 5.74) is 0.620. The lowest BCUT2D eigenvalue weighted by atomic mass is 10.2. The van der Waals surface area contributed by atoms with Gasteiger partial charge in [0.25, 0.3) is 0 Å². The van der Waals surface area contributed by atoms with Gasteiger partial charge in [0.15, 0.2) is 5.78 Å². The van der Waals surface area contributed by atoms with E-state index in [1.165, 1.54) is 18.7 Å². The number of aromatic nitrogens is 2. The minimum absolute atomic E-state index is 0.0214. The van der Waals surface area contributed by atoms with Crippen LogP contribution in [-0.2, 0) is 0 Å². The summed E-state index contributed by atoms with van der Waals surface area (Å²) in [4.78, 5) is 19.6. The molecule has 0 aliphatic rings. The molecule has 86 valence electrons. The second kappa shape index (κ2) is 5.42. The van der Waals surface area contributed by atoms with Crippen LogP contribution in [0, 0.1) is 0 Å². The largest absolute Gasteiger partial charge is 0.294 e. The second-order valence-corrected chi connectivity index (χ2v) is 5.20. The Morgan fingerprint density at radius 2 is 2.12 bits per heavy atom. The van der Waals surface area contributed by atoms with E-state index in [0.717, 1.165) is 14.5 Å². The Morgan fingerprint density at radius 3 is 2.71 bits per heavy atom. The highest BCUT2D eigenvalue weighted by Crippen LogP contribution is 2.29. The summed E-state index contributed by atoms with van der Waals surface area (Å²) in [5, 5.41) is 1.67. The molecule has 0 amide bonds. The van der Waals surface area contributed by atoms with Gasteiger partial charge < -0.3 is 0 Å². The lowest BCUT2D eigenvalue weighted by molar-refractivity contribution is 0.101. The molecule has 0 saturated carbocycles. The van der Waals surface area contributed by atoms with Crippen molar-refractivity contribution in [2.75, 3.05) is 0 Å². The van der Waals surface area contributed by atoms with Crippen molar-refractivity contribution in [1.82, 2.24) is 9.97 Å². The van der Waals surface area contributed by atoms with Crippen molar-refractivity contribution >= 4 is 33.5 Å². The number of rotatable bonds is 3. The first kappa shape index (κ1) is 12.3. The molecule has 3 nitrogen and oxygen atoms in total. The van der Waals surface area contributed by atoms with Gasteiger partial charge >= 0.3 is 0 Å². The van der Waals surface area contributed by atoms with Gasteiger partial charge in [0.2, 0.25) is 0 Å². The number of hydrogen-bond acceptors (Lipinski definition) is 4. The van der Waals surface area contributed by atoms with Crippen LogP contribution in [0.2, 0.25) is 0 Å². The predicted octanol–water partition coefficient (Wildman–Crippen LogP) is 3.59. The molecule has 0 aliphatic carbocycles. The summed E-state index contributed by atoms with van der Waals surface area (Å²) in [6.45, 7) is 1.53. The van der Waals surface area contributed by atoms with Crippen LogP contribution in [0.4, 0.5) is 0 Å². The molecule has 0 radical (unpaired) electrons. The standard InChI is InChI=1S/C12H9BrN2OS/c1-8(16)9-4-5-11(15-7-9)17-12-10(13)3-2-6-14-12/h2-7H,1H3. The Morgan fingerprint density at radius 1 is 1.29 bits per heavy atom. The molecule has 2 rings (SSSR count). The van der Waals surface area contributed by atoms with Crippen molar-refractivity contribution < 1.29 is 4.79 Å². The number of pyridine rings is 2. The first-order chi connectivity index (χ1) is 8.16. The third kappa shape index (κ3) is 3.14. The Bertz CT molecular complexity index is 542. The van der Waals surface area contributed by atoms with Crippen molar-refractivity contribution in [3.63, 3.8) is 0 Å². The van der Waals surface area contributed by atoms with Gasteiger partial charge in [0.1, 0.15) is 10.1 Å². The summed E-state index contributed by atoms with van der Waals surface area (Å²) < 4.78 is 0.933. The van der Waals surface area contributed by atoms with Gasteiger partial charge in [0, 0.05) is 18.0 Å². The zero-order chi connectivity index (χ0) is 12.3. The molecule has 0 bridgehead atoms. The van der Waals surface area contributed by atoms with E-state index >= 15 is 0 Å². The molecule has 2 heterocycles. The number of halogens is 1. The van der Waals surface area contributed by atoms with Gasteiger partial charge in [-0.15, -0.1) is 0 Å². The summed E-state index contributed by atoms with van der Waals surface area (Å²) in [7, 11) is 0. The van der Waals surface area contributed by atoms with E-state index in [2.05, 4.69) is 25.9 Å². The Hall–Kier alpha value is -1.20. The maximum Gasteiger partial charge on any atom is 0.161 e. The lowest BCUT2D eigenvalue weighted by Crippen LogP contribution is -1.93. The highest BCUT2D eigenvalue weighted by Gasteiger charge is 2.05. The first-order valence-corrected chi connectivity index (χ1v) is 6.53. The SMILES string of the molecule is CC(=O)c1ccc(Sc2ncccc2Br)nc1. The lowest BCUT2D eigenvalue weighted by Gasteiger charge is -2.02. The summed E-state index contributed by atoms with van der Waals surface area (Å²) in [6, 6.07) is 7.39. The molecular weight excluding hydrogens is 300 g/mol. The molecular formula is C12H9BrN2OS. The van der Waals surface area contributed by atoms with Crippen LogP contribution in [-0.4, -0.2) is 15.8 Å². The van der Waals surface area contributed by atoms with Crippen molar-refractivity contribution in [3.8, 4) is 0 Å². The van der Waals surface area contributed by atoms with Crippen molar-refractivity contribution in [2.24, 2.45) is 0 Å². The molecule has 0 atom stereocenters. The van der Waals surface area contributed by atoms with E-state index in [4.69, 9.17) is 0 Å². The Labute approximate surface area is 112 Å². The smallest absolute Gasteiger partial charge is 0.161 e. The highest BCUT2D eigenvalue weighted by atomic mass is 79.9. The van der Waals surface area contributed by atoms with E-state index in [1.54, 1.807) is 18.5 Å². The summed E-state index contributed by atoms with van der Waals surface area (Å²) in [6.07, 6.45) is 3.32. The molecule has 0 unspecified atom stereocenters. The molecule has 0 aromatic carbocycles. The average Bonchev–Trinajstić information content (AvgIpc) is 2.33. The fourth-order valence-electron chi connectivity index (χ4n) is 1.19. The van der Waals surface area contributed by atoms with Crippen LogP contribution in [0.15, 0.2) is 51.2 Å². The van der Waals surface area contributed by atoms with E-state index in [9.17, 15) is 4.79 Å². The van der Waals surface area contributed by atoms with Gasteiger partial charge in [-0.05, 0) is 58.9 Å². The fraction of sp³-hybridized carbons (Fsp3) is 0.0833. The summed E-state index contributed by atoms with van der Waals surface area (Å²) >= 11 is 4.88. The second-order valence-electron chi connectivity index (χ2n) is 3.33. The van der Waals surface area contributed by atoms with Crippen molar-refractivity contribution in [3.05, 3.63) is 46.7 Å². The van der Waals surface area contributed by atoms with E-state index < -0.39 is 0 Å². The van der Waals surface area contributed by atoms with Crippen LogP contribution >= 0.6 is 27.7 Å². The van der Waals surface area contributed by atoms with Gasteiger partial charge in [-0.2, -0.15) is 0 Å². The zero-order valence-corrected chi connectivity index (χ0v) is 11.5. The van der Waals surface area contributed by atoms with Gasteiger partial charge in [-0.3, -0.25) is 4.79 Å². The molecule has 17 heavy (non-hydrogen) atoms. The minimum atomic E-state index is 0.0214. The van der Waals surface area contributed by atoms with Crippen LogP contribution in [0.25, 0.3) is 0 Å². The van der Waals surface area contributed by atoms with Crippen molar-refractivity contribution in [2.45, 2.75) is 17.0 Å². The van der Waals surface area contributed by atoms with Crippen molar-refractivity contribution in [1.29, 1.82) is 0 Å². The number of carbonyl (C=O) groups excluding carboxylic acids is 1. The number of nitrogens with zero attached hydrogens (tertiary/aromatic N) is 2. The number of ketones is 1. The third-order valence-corrected chi connectivity index (χ3v) is 3.94. The fourth-order valence-corrected chi connectivity index (χ4v) is 2.41. The molecule has 2 aromatic heterocycles. The van der Waals surface area contributed by atoms with Crippen LogP contribution in [0.3, 0.4) is 0 Å². The molecule has 0 saturated heterocycles. The molecule has 5 heteroatoms. The number of hydrogen-bond donors (Lipinski definition) is 0. The zero-order valence-electron chi connectivity index (χ0n) is 9.05. The monoisotopic (exact) mass is 308 g/mol. The normalized spacial score (nSPS) is 10.2. The average molecular weight is 309 g/mol. The van der Waals surface area contributed by atoms with Gasteiger partial charge in [0.05, 0.1) is 4.47 Å². The van der Waals surface area contributed by atoms with Crippen LogP contribution in [0.5, 0.6) is 0 Å². The predicted molar refractivity (Wildman–Crippen MR) is 70.3 cm³/mol. The number of carbonyl (C=O) groups is 1. The highest BCUT2D eigenvalue weighted by molar-refractivity contribution is 9.10. The number of Topliss-reactive ketones (excluding diaryl/α,β-unsaturated/α-hetero) is 1. The quantitative estimate of drug-likeness (QED) is 0.813. The molecule has 0 aliphatic heterocycles. The first-order valence-electron chi connectivity index (χ1n) is 4.92. The molecule has 0 spiro atoms. The maximum atomic E-state index is 11.1. The van der Waals surface area contributed by atoms with Gasteiger partial charge in [-0.25, -0.2) is 9.97 Å². The van der Waals surface area contributed by atoms with E-state index in [-0.39, 0.29) is 5.78 Å². The van der Waals surface area contributed by atoms with E-state index in [1.807, 2.05) is 18.2 Å². The third-order valence-electron chi connectivity index (χ3n) is 2.07. The maximum absolute atomic E-state index is 11.1. The molecule has 2 aromatic rings. The van der Waals surface area contributed by atoms with Crippen LogP contribution < -0.4 is 0 Å².